The fourth-order valence-electron chi connectivity index (χ4n) is 2.44. The predicted molar refractivity (Wildman–Crippen MR) is 72.7 cm³/mol. The monoisotopic (exact) mass is 288 g/mol. The molecule has 2 amide bonds. The van der Waals surface area contributed by atoms with E-state index < -0.39 is 12.0 Å². The van der Waals surface area contributed by atoms with Gasteiger partial charge in [-0.15, -0.1) is 0 Å². The van der Waals surface area contributed by atoms with Crippen molar-refractivity contribution in [1.82, 2.24) is 9.80 Å². The first kappa shape index (κ1) is 16.7. The topological polar surface area (TPSA) is 79.3 Å². The molecule has 2 atom stereocenters. The van der Waals surface area contributed by atoms with Crippen LogP contribution >= 0.6 is 0 Å². The molecule has 1 aliphatic rings. The fraction of sp³-hybridized carbons (Fsp3) is 0.846. The van der Waals surface area contributed by atoms with Crippen LogP contribution in [0.15, 0.2) is 0 Å². The van der Waals surface area contributed by atoms with Crippen molar-refractivity contribution >= 4 is 12.0 Å². The summed E-state index contributed by atoms with van der Waals surface area (Å²) in [6.45, 7) is 3.59. The zero-order valence-corrected chi connectivity index (χ0v) is 12.4. The molecule has 7 nitrogen and oxygen atoms in total. The molecule has 1 fully saturated rings. The van der Waals surface area contributed by atoms with Crippen molar-refractivity contribution in [3.8, 4) is 0 Å². The van der Waals surface area contributed by atoms with Crippen LogP contribution in [0.4, 0.5) is 4.79 Å². The Morgan fingerprint density at radius 3 is 2.65 bits per heavy atom. The van der Waals surface area contributed by atoms with Crippen molar-refractivity contribution < 1.29 is 24.2 Å². The summed E-state index contributed by atoms with van der Waals surface area (Å²) >= 11 is 0. The number of rotatable bonds is 7. The van der Waals surface area contributed by atoms with Crippen molar-refractivity contribution in [3.05, 3.63) is 0 Å². The third-order valence-corrected chi connectivity index (χ3v) is 3.51. The van der Waals surface area contributed by atoms with Crippen LogP contribution in [-0.2, 0) is 14.3 Å². The van der Waals surface area contributed by atoms with Gasteiger partial charge in [0.1, 0.15) is 6.04 Å². The number of nitrogens with zero attached hydrogens (tertiary/aromatic N) is 2. The molecule has 116 valence electrons. The van der Waals surface area contributed by atoms with Gasteiger partial charge in [-0.05, 0) is 19.8 Å². The number of urea groups is 1. The van der Waals surface area contributed by atoms with E-state index >= 15 is 0 Å². The summed E-state index contributed by atoms with van der Waals surface area (Å²) < 4.78 is 10.1. The highest BCUT2D eigenvalue weighted by Gasteiger charge is 2.37. The third kappa shape index (κ3) is 4.08. The van der Waals surface area contributed by atoms with E-state index in [2.05, 4.69) is 0 Å². The van der Waals surface area contributed by atoms with E-state index in [9.17, 15) is 14.7 Å². The van der Waals surface area contributed by atoms with Crippen LogP contribution in [0.3, 0.4) is 0 Å². The molecule has 1 aliphatic heterocycles. The first-order valence-electron chi connectivity index (χ1n) is 6.80. The van der Waals surface area contributed by atoms with Crippen LogP contribution in [0.25, 0.3) is 0 Å². The Labute approximate surface area is 119 Å². The molecule has 0 bridgehead atoms. The summed E-state index contributed by atoms with van der Waals surface area (Å²) in [5, 5.41) is 9.17. The van der Waals surface area contributed by atoms with Crippen molar-refractivity contribution in [3.63, 3.8) is 0 Å². The fourth-order valence-corrected chi connectivity index (χ4v) is 2.44. The average molecular weight is 288 g/mol. The molecule has 20 heavy (non-hydrogen) atoms. The zero-order valence-electron chi connectivity index (χ0n) is 12.4. The van der Waals surface area contributed by atoms with Gasteiger partial charge < -0.3 is 24.4 Å². The lowest BCUT2D eigenvalue weighted by atomic mass is 10.2. The second-order valence-corrected chi connectivity index (χ2v) is 4.96. The van der Waals surface area contributed by atoms with Gasteiger partial charge in [-0.1, -0.05) is 0 Å². The molecule has 1 saturated heterocycles. The SMILES string of the molecule is COCCN(C(=O)N1CCCC1C(=O)O)C(C)COC. The summed E-state index contributed by atoms with van der Waals surface area (Å²) in [5.41, 5.74) is 0. The van der Waals surface area contributed by atoms with Gasteiger partial charge in [0.25, 0.3) is 0 Å². The van der Waals surface area contributed by atoms with Gasteiger partial charge in [0, 0.05) is 27.3 Å². The number of carbonyl (C=O) groups excluding carboxylic acids is 1. The Balaban J connectivity index is 2.77. The molecule has 0 aromatic heterocycles. The predicted octanol–water partition coefficient (Wildman–Crippen LogP) is 0.639. The van der Waals surface area contributed by atoms with Crippen molar-refractivity contribution in [1.29, 1.82) is 0 Å². The minimum absolute atomic E-state index is 0.127. The number of carboxylic acids is 1. The first-order chi connectivity index (χ1) is 9.52. The maximum Gasteiger partial charge on any atom is 0.326 e. The molecule has 7 heteroatoms. The maximum absolute atomic E-state index is 12.6. The number of methoxy groups -OCH3 is 2. The van der Waals surface area contributed by atoms with Crippen LogP contribution in [0.1, 0.15) is 19.8 Å². The van der Waals surface area contributed by atoms with Crippen molar-refractivity contribution in [2.24, 2.45) is 0 Å². The summed E-state index contributed by atoms with van der Waals surface area (Å²) in [6, 6.07) is -1.10. The Bertz CT molecular complexity index is 337. The number of carbonyl (C=O) groups is 2. The summed E-state index contributed by atoms with van der Waals surface area (Å²) in [5.74, 6) is -0.943. The summed E-state index contributed by atoms with van der Waals surface area (Å²) in [6.07, 6.45) is 1.23. The highest BCUT2D eigenvalue weighted by atomic mass is 16.5. The van der Waals surface area contributed by atoms with Gasteiger partial charge in [-0.25, -0.2) is 9.59 Å². The highest BCUT2D eigenvalue weighted by Crippen LogP contribution is 2.20. The number of ether oxygens (including phenoxy) is 2. The molecule has 0 spiro atoms. The highest BCUT2D eigenvalue weighted by molar-refractivity contribution is 5.83. The number of aliphatic carboxylic acids is 1. The lowest BCUT2D eigenvalue weighted by molar-refractivity contribution is -0.141. The van der Waals surface area contributed by atoms with Crippen LogP contribution < -0.4 is 0 Å². The molecule has 0 aliphatic carbocycles. The molecular weight excluding hydrogens is 264 g/mol. The molecule has 0 radical (unpaired) electrons. The second kappa shape index (κ2) is 8.06. The van der Waals surface area contributed by atoms with E-state index in [1.807, 2.05) is 6.92 Å². The lowest BCUT2D eigenvalue weighted by Gasteiger charge is -2.34. The van der Waals surface area contributed by atoms with Gasteiger partial charge >= 0.3 is 12.0 Å². The molecule has 1 heterocycles. The number of carboxylic acid groups (broad SMARTS) is 1. The molecule has 1 N–H and O–H groups in total. The third-order valence-electron chi connectivity index (χ3n) is 3.51. The number of amides is 2. The van der Waals surface area contributed by atoms with Crippen LogP contribution in [0, 0.1) is 0 Å². The summed E-state index contributed by atoms with van der Waals surface area (Å²) in [7, 11) is 3.14. The van der Waals surface area contributed by atoms with Crippen LogP contribution in [0.2, 0.25) is 0 Å². The van der Waals surface area contributed by atoms with E-state index in [1.165, 1.54) is 4.90 Å². The molecule has 0 aromatic carbocycles. The molecule has 0 saturated carbocycles. The van der Waals surface area contributed by atoms with E-state index in [0.717, 1.165) is 6.42 Å². The quantitative estimate of drug-likeness (QED) is 0.743. The number of likely N-dealkylation sites (tertiary alicyclic amines) is 1. The lowest BCUT2D eigenvalue weighted by Crippen LogP contribution is -2.52. The molecule has 0 aromatic rings. The Hall–Kier alpha value is -1.34. The van der Waals surface area contributed by atoms with E-state index in [1.54, 1.807) is 19.1 Å². The van der Waals surface area contributed by atoms with Crippen LogP contribution in [0.5, 0.6) is 0 Å². The minimum Gasteiger partial charge on any atom is -0.480 e. The summed E-state index contributed by atoms with van der Waals surface area (Å²) in [4.78, 5) is 26.8. The standard InChI is InChI=1S/C13H24N2O5/c1-10(9-20-3)14(7-8-19-2)13(18)15-6-4-5-11(15)12(16)17/h10-11H,4-9H2,1-3H3,(H,16,17). The van der Waals surface area contributed by atoms with Gasteiger partial charge in [0.2, 0.25) is 0 Å². The minimum atomic E-state index is -0.943. The molecule has 2 unspecified atom stereocenters. The Morgan fingerprint density at radius 1 is 1.40 bits per heavy atom. The smallest absolute Gasteiger partial charge is 0.326 e. The van der Waals surface area contributed by atoms with Gasteiger partial charge in [0.05, 0.1) is 19.3 Å². The average Bonchev–Trinajstić information content (AvgIpc) is 2.88. The second-order valence-electron chi connectivity index (χ2n) is 4.96. The molecular formula is C13H24N2O5. The Morgan fingerprint density at radius 2 is 2.10 bits per heavy atom. The van der Waals surface area contributed by atoms with Gasteiger partial charge in [-0.2, -0.15) is 0 Å². The van der Waals surface area contributed by atoms with Gasteiger partial charge in [-0.3, -0.25) is 0 Å². The van der Waals surface area contributed by atoms with Crippen molar-refractivity contribution in [2.45, 2.75) is 31.8 Å². The number of hydrogen-bond acceptors (Lipinski definition) is 4. The first-order valence-corrected chi connectivity index (χ1v) is 6.80. The van der Waals surface area contributed by atoms with E-state index in [4.69, 9.17) is 9.47 Å². The van der Waals surface area contributed by atoms with Gasteiger partial charge in [0.15, 0.2) is 0 Å². The maximum atomic E-state index is 12.6. The van der Waals surface area contributed by atoms with Crippen molar-refractivity contribution in [2.75, 3.05) is 40.5 Å². The zero-order chi connectivity index (χ0) is 15.1. The normalized spacial score (nSPS) is 19.9. The number of hydrogen-bond donors (Lipinski definition) is 1. The Kier molecular flexibility index (Phi) is 6.74. The molecule has 1 rings (SSSR count). The van der Waals surface area contributed by atoms with E-state index in [-0.39, 0.29) is 12.1 Å². The largest absolute Gasteiger partial charge is 0.480 e. The van der Waals surface area contributed by atoms with E-state index in [0.29, 0.717) is 32.7 Å². The van der Waals surface area contributed by atoms with Crippen LogP contribution in [-0.4, -0.2) is 79.5 Å².